The van der Waals surface area contributed by atoms with Crippen LogP contribution in [-0.4, -0.2) is 23.8 Å². The Balaban J connectivity index is 2.60. The molecule has 4 nitrogen and oxygen atoms in total. The number of amides is 2. The number of aliphatic hydroxyl groups is 1. The molecule has 1 unspecified atom stereocenters. The van der Waals surface area contributed by atoms with Gasteiger partial charge in [0.15, 0.2) is 0 Å². The summed E-state index contributed by atoms with van der Waals surface area (Å²) >= 11 is 0. The number of urea groups is 1. The van der Waals surface area contributed by atoms with Crippen LogP contribution in [0.5, 0.6) is 0 Å². The van der Waals surface area contributed by atoms with Gasteiger partial charge >= 0.3 is 6.03 Å². The van der Waals surface area contributed by atoms with Gasteiger partial charge in [-0.1, -0.05) is 36.4 Å². The molecule has 1 aromatic rings. The summed E-state index contributed by atoms with van der Waals surface area (Å²) in [5.41, 5.74) is 1.08. The zero-order valence-corrected chi connectivity index (χ0v) is 12.0. The van der Waals surface area contributed by atoms with Gasteiger partial charge in [-0.05, 0) is 31.7 Å². The molecule has 0 saturated heterocycles. The standard InChI is InChI=1S/C16H24N2O2/c1-3-4-10-15(14-8-6-5-7-9-14)18-16(20)17-13(2)11-12-19/h3,5-9,13,15,19H,1,4,10-12H2,2H3,(H2,17,18,20)/t13-,15?/m1/s1. The fourth-order valence-corrected chi connectivity index (χ4v) is 1.98. The molecule has 0 saturated carbocycles. The maximum atomic E-state index is 11.9. The fraction of sp³-hybridized carbons (Fsp3) is 0.438. The number of benzene rings is 1. The van der Waals surface area contributed by atoms with Gasteiger partial charge in [0, 0.05) is 12.6 Å². The largest absolute Gasteiger partial charge is 0.396 e. The van der Waals surface area contributed by atoms with Crippen LogP contribution in [0.25, 0.3) is 0 Å². The van der Waals surface area contributed by atoms with E-state index in [0.29, 0.717) is 6.42 Å². The van der Waals surface area contributed by atoms with Gasteiger partial charge in [0.05, 0.1) is 6.04 Å². The molecular formula is C16H24N2O2. The highest BCUT2D eigenvalue weighted by molar-refractivity contribution is 5.74. The maximum Gasteiger partial charge on any atom is 0.315 e. The predicted molar refractivity (Wildman–Crippen MR) is 81.4 cm³/mol. The van der Waals surface area contributed by atoms with Crippen LogP contribution in [0.3, 0.4) is 0 Å². The van der Waals surface area contributed by atoms with Gasteiger partial charge < -0.3 is 15.7 Å². The molecule has 0 aliphatic rings. The normalized spacial score (nSPS) is 13.3. The summed E-state index contributed by atoms with van der Waals surface area (Å²) in [6, 6.07) is 9.61. The third kappa shape index (κ3) is 5.89. The molecule has 110 valence electrons. The molecule has 4 heteroatoms. The highest BCUT2D eigenvalue weighted by Crippen LogP contribution is 2.18. The van der Waals surface area contributed by atoms with Crippen LogP contribution in [0.4, 0.5) is 4.79 Å². The second-order valence-electron chi connectivity index (χ2n) is 4.86. The lowest BCUT2D eigenvalue weighted by Gasteiger charge is -2.21. The summed E-state index contributed by atoms with van der Waals surface area (Å²) in [5, 5.41) is 14.6. The Morgan fingerprint density at radius 2 is 2.00 bits per heavy atom. The van der Waals surface area contributed by atoms with Crippen molar-refractivity contribution in [1.82, 2.24) is 10.6 Å². The number of rotatable bonds is 8. The molecule has 0 bridgehead atoms. The van der Waals surface area contributed by atoms with Gasteiger partial charge in [0.2, 0.25) is 0 Å². The maximum absolute atomic E-state index is 11.9. The topological polar surface area (TPSA) is 61.4 Å². The first-order chi connectivity index (χ1) is 9.67. The van der Waals surface area contributed by atoms with Crippen LogP contribution in [0.2, 0.25) is 0 Å². The zero-order chi connectivity index (χ0) is 14.8. The van der Waals surface area contributed by atoms with Crippen molar-refractivity contribution in [3.8, 4) is 0 Å². The summed E-state index contributed by atoms with van der Waals surface area (Å²) in [6.45, 7) is 5.66. The van der Waals surface area contributed by atoms with E-state index < -0.39 is 0 Å². The lowest BCUT2D eigenvalue weighted by Crippen LogP contribution is -2.42. The van der Waals surface area contributed by atoms with Crippen LogP contribution >= 0.6 is 0 Å². The van der Waals surface area contributed by atoms with E-state index in [1.807, 2.05) is 43.3 Å². The van der Waals surface area contributed by atoms with E-state index in [9.17, 15) is 4.79 Å². The first-order valence-corrected chi connectivity index (χ1v) is 7.01. The van der Waals surface area contributed by atoms with Crippen molar-refractivity contribution in [3.63, 3.8) is 0 Å². The smallest absolute Gasteiger partial charge is 0.315 e. The summed E-state index contributed by atoms with van der Waals surface area (Å²) < 4.78 is 0. The number of aliphatic hydroxyl groups excluding tert-OH is 1. The van der Waals surface area contributed by atoms with Crippen LogP contribution < -0.4 is 10.6 Å². The average molecular weight is 276 g/mol. The summed E-state index contributed by atoms with van der Waals surface area (Å²) in [4.78, 5) is 11.9. The zero-order valence-electron chi connectivity index (χ0n) is 12.0. The lowest BCUT2D eigenvalue weighted by atomic mass is 10.0. The first-order valence-electron chi connectivity index (χ1n) is 7.01. The Morgan fingerprint density at radius 1 is 1.30 bits per heavy atom. The number of carbonyl (C=O) groups excluding carboxylic acids is 1. The van der Waals surface area contributed by atoms with Crippen LogP contribution in [-0.2, 0) is 0 Å². The molecule has 1 rings (SSSR count). The molecule has 3 N–H and O–H groups in total. The van der Waals surface area contributed by atoms with Crippen LogP contribution in [0.15, 0.2) is 43.0 Å². The molecule has 0 radical (unpaired) electrons. The predicted octanol–water partition coefficient (Wildman–Crippen LogP) is 2.76. The Labute approximate surface area is 120 Å². The fourth-order valence-electron chi connectivity index (χ4n) is 1.98. The molecule has 1 aromatic carbocycles. The SMILES string of the molecule is C=CCCC(NC(=O)N[C@H](C)CCO)c1ccccc1. The molecule has 0 aliphatic heterocycles. The summed E-state index contributed by atoms with van der Waals surface area (Å²) in [6.07, 6.45) is 4.06. The van der Waals surface area contributed by atoms with E-state index in [1.165, 1.54) is 0 Å². The van der Waals surface area contributed by atoms with Gasteiger partial charge in [-0.2, -0.15) is 0 Å². The van der Waals surface area contributed by atoms with E-state index >= 15 is 0 Å². The third-order valence-corrected chi connectivity index (χ3v) is 3.11. The molecule has 20 heavy (non-hydrogen) atoms. The van der Waals surface area contributed by atoms with E-state index in [1.54, 1.807) is 0 Å². The minimum Gasteiger partial charge on any atom is -0.396 e. The average Bonchev–Trinajstić information content (AvgIpc) is 2.44. The van der Waals surface area contributed by atoms with Crippen LogP contribution in [0, 0.1) is 0 Å². The number of allylic oxidation sites excluding steroid dienone is 1. The van der Waals surface area contributed by atoms with E-state index in [2.05, 4.69) is 17.2 Å². The van der Waals surface area contributed by atoms with Crippen molar-refractivity contribution in [2.45, 2.75) is 38.3 Å². The number of carbonyl (C=O) groups is 1. The van der Waals surface area contributed by atoms with Crippen molar-refractivity contribution in [3.05, 3.63) is 48.6 Å². The molecule has 2 amide bonds. The Kier molecular flexibility index (Phi) is 7.43. The van der Waals surface area contributed by atoms with Gasteiger partial charge in [-0.25, -0.2) is 4.79 Å². The van der Waals surface area contributed by atoms with Crippen molar-refractivity contribution in [2.75, 3.05) is 6.61 Å². The van der Waals surface area contributed by atoms with Crippen LogP contribution in [0.1, 0.15) is 37.8 Å². The quantitative estimate of drug-likeness (QED) is 0.639. The van der Waals surface area contributed by atoms with Gasteiger partial charge in [0.1, 0.15) is 0 Å². The molecule has 0 spiro atoms. The van der Waals surface area contributed by atoms with Crippen molar-refractivity contribution >= 4 is 6.03 Å². The second kappa shape index (κ2) is 9.15. The van der Waals surface area contributed by atoms with E-state index in [0.717, 1.165) is 18.4 Å². The molecule has 2 atom stereocenters. The lowest BCUT2D eigenvalue weighted by molar-refractivity contribution is 0.227. The molecule has 0 heterocycles. The van der Waals surface area contributed by atoms with E-state index in [-0.39, 0.29) is 24.7 Å². The minimum atomic E-state index is -0.205. The van der Waals surface area contributed by atoms with Gasteiger partial charge in [0.25, 0.3) is 0 Å². The molecule has 0 fully saturated rings. The first kappa shape index (κ1) is 16.2. The van der Waals surface area contributed by atoms with E-state index in [4.69, 9.17) is 5.11 Å². The Hall–Kier alpha value is -1.81. The summed E-state index contributed by atoms with van der Waals surface area (Å²) in [5.74, 6) is 0. The molecular weight excluding hydrogens is 252 g/mol. The van der Waals surface area contributed by atoms with Gasteiger partial charge in [-0.15, -0.1) is 6.58 Å². The second-order valence-corrected chi connectivity index (χ2v) is 4.86. The Morgan fingerprint density at radius 3 is 2.60 bits per heavy atom. The van der Waals surface area contributed by atoms with Crippen molar-refractivity contribution in [1.29, 1.82) is 0 Å². The highest BCUT2D eigenvalue weighted by atomic mass is 16.3. The number of hydrogen-bond acceptors (Lipinski definition) is 2. The van der Waals surface area contributed by atoms with Crippen molar-refractivity contribution < 1.29 is 9.90 Å². The minimum absolute atomic E-state index is 0.0319. The monoisotopic (exact) mass is 276 g/mol. The highest BCUT2D eigenvalue weighted by Gasteiger charge is 2.14. The summed E-state index contributed by atoms with van der Waals surface area (Å²) in [7, 11) is 0. The number of hydrogen-bond donors (Lipinski definition) is 3. The van der Waals surface area contributed by atoms with Crippen molar-refractivity contribution in [2.24, 2.45) is 0 Å². The van der Waals surface area contributed by atoms with Gasteiger partial charge in [-0.3, -0.25) is 0 Å². The third-order valence-electron chi connectivity index (χ3n) is 3.11. The number of nitrogens with one attached hydrogen (secondary N) is 2. The molecule has 0 aromatic heterocycles. The Bertz CT molecular complexity index is 406. The molecule has 0 aliphatic carbocycles.